The Kier molecular flexibility index (Phi) is 6.96. The molecule has 178 valence electrons. The lowest BCUT2D eigenvalue weighted by Crippen LogP contribution is -2.31. The number of hydrogen-bond acceptors (Lipinski definition) is 6. The van der Waals surface area contributed by atoms with Crippen LogP contribution in [-0.2, 0) is 20.8 Å². The second-order valence-electron chi connectivity index (χ2n) is 8.11. The fourth-order valence-corrected chi connectivity index (χ4v) is 4.15. The number of anilines is 1. The van der Waals surface area contributed by atoms with E-state index in [1.54, 1.807) is 48.5 Å². The van der Waals surface area contributed by atoms with E-state index in [1.807, 2.05) is 30.3 Å². The second kappa shape index (κ2) is 10.3. The van der Waals surface area contributed by atoms with Crippen molar-refractivity contribution in [1.29, 1.82) is 0 Å². The fourth-order valence-electron chi connectivity index (χ4n) is 4.15. The normalized spacial score (nSPS) is 15.3. The Balaban J connectivity index is 1.73. The van der Waals surface area contributed by atoms with Crippen LogP contribution in [0.5, 0.6) is 11.5 Å². The largest absolute Gasteiger partial charge is 0.503 e. The third-order valence-electron chi connectivity index (χ3n) is 5.78. The van der Waals surface area contributed by atoms with Crippen LogP contribution < -0.4 is 14.4 Å². The quantitative estimate of drug-likeness (QED) is 0.377. The summed E-state index contributed by atoms with van der Waals surface area (Å²) in [6, 6.07) is 22.1. The first-order valence-corrected chi connectivity index (χ1v) is 11.1. The van der Waals surface area contributed by atoms with Crippen molar-refractivity contribution in [3.63, 3.8) is 0 Å². The van der Waals surface area contributed by atoms with Crippen molar-refractivity contribution in [2.75, 3.05) is 12.0 Å². The van der Waals surface area contributed by atoms with Crippen LogP contribution >= 0.6 is 0 Å². The summed E-state index contributed by atoms with van der Waals surface area (Å²) in [5.41, 5.74) is 2.08. The van der Waals surface area contributed by atoms with E-state index in [1.165, 1.54) is 18.9 Å². The van der Waals surface area contributed by atoms with Gasteiger partial charge in [-0.25, -0.2) is 0 Å². The number of rotatable bonds is 8. The molecule has 35 heavy (non-hydrogen) atoms. The zero-order chi connectivity index (χ0) is 24.9. The lowest BCUT2D eigenvalue weighted by molar-refractivity contribution is -0.131. The van der Waals surface area contributed by atoms with Gasteiger partial charge in [-0.15, -0.1) is 0 Å². The number of aliphatic hydroxyl groups excluding tert-OH is 1. The van der Waals surface area contributed by atoms with Crippen LogP contribution in [0.2, 0.25) is 0 Å². The zero-order valence-corrected chi connectivity index (χ0v) is 19.4. The Morgan fingerprint density at radius 3 is 2.31 bits per heavy atom. The fraction of sp³-hybridized carbons (Fsp3) is 0.179. The van der Waals surface area contributed by atoms with Crippen molar-refractivity contribution in [2.45, 2.75) is 25.8 Å². The highest BCUT2D eigenvalue weighted by Crippen LogP contribution is 2.42. The Morgan fingerprint density at radius 1 is 0.943 bits per heavy atom. The van der Waals surface area contributed by atoms with Crippen molar-refractivity contribution in [3.05, 3.63) is 101 Å². The topological polar surface area (TPSA) is 93.1 Å². The summed E-state index contributed by atoms with van der Waals surface area (Å²) < 4.78 is 10.4. The van der Waals surface area contributed by atoms with Gasteiger partial charge in [0.2, 0.25) is 0 Å². The van der Waals surface area contributed by atoms with Gasteiger partial charge in [0.1, 0.15) is 11.5 Å². The number of ketones is 1. The van der Waals surface area contributed by atoms with Crippen LogP contribution in [0, 0.1) is 0 Å². The Morgan fingerprint density at radius 2 is 1.66 bits per heavy atom. The molecule has 1 atom stereocenters. The minimum absolute atomic E-state index is 0.0361. The third-order valence-corrected chi connectivity index (χ3v) is 5.78. The van der Waals surface area contributed by atoms with Crippen LogP contribution in [0.3, 0.4) is 0 Å². The van der Waals surface area contributed by atoms with Gasteiger partial charge >= 0.3 is 5.97 Å². The van der Waals surface area contributed by atoms with Gasteiger partial charge in [-0.05, 0) is 41.8 Å². The highest BCUT2D eigenvalue weighted by atomic mass is 16.5. The number of amides is 1. The summed E-state index contributed by atoms with van der Waals surface area (Å²) in [5, 5.41) is 10.9. The molecule has 7 heteroatoms. The minimum Gasteiger partial charge on any atom is -0.503 e. The van der Waals surface area contributed by atoms with Crippen molar-refractivity contribution in [2.24, 2.45) is 0 Å². The second-order valence-corrected chi connectivity index (χ2v) is 8.11. The molecule has 0 aromatic heterocycles. The molecule has 4 rings (SSSR count). The number of Topliss-reactive ketones (excluding diaryl/α,β-unsaturated/α-hetero) is 1. The van der Waals surface area contributed by atoms with E-state index in [0.29, 0.717) is 29.2 Å². The van der Waals surface area contributed by atoms with Gasteiger partial charge in [0, 0.05) is 25.1 Å². The van der Waals surface area contributed by atoms with E-state index >= 15 is 0 Å². The first-order chi connectivity index (χ1) is 16.9. The number of aryl methyl sites for hydroxylation is 1. The summed E-state index contributed by atoms with van der Waals surface area (Å²) in [6.45, 7) is 1.30. The lowest BCUT2D eigenvalue weighted by atomic mass is 9.93. The lowest BCUT2D eigenvalue weighted by Gasteiger charge is -2.27. The standard InChI is InChI=1S/C28H25NO6/c1-18(30)35-22-14-12-20(13-15-22)26-25(24(31)16-11-19-7-4-3-5-8-19)27(32)28(33)29(26)21-9-6-10-23(17-21)34-2/h3-10,12-15,17,26,32H,11,16H2,1-2H3. The molecular weight excluding hydrogens is 446 g/mol. The van der Waals surface area contributed by atoms with E-state index < -0.39 is 23.7 Å². The van der Waals surface area contributed by atoms with E-state index in [4.69, 9.17) is 9.47 Å². The van der Waals surface area contributed by atoms with E-state index in [2.05, 4.69) is 0 Å². The maximum Gasteiger partial charge on any atom is 0.308 e. The molecular formula is C28H25NO6. The molecule has 1 aliphatic rings. The van der Waals surface area contributed by atoms with Gasteiger partial charge in [-0.3, -0.25) is 19.3 Å². The van der Waals surface area contributed by atoms with Gasteiger partial charge in [-0.2, -0.15) is 0 Å². The molecule has 0 aliphatic carbocycles. The summed E-state index contributed by atoms with van der Waals surface area (Å²) in [7, 11) is 1.52. The van der Waals surface area contributed by atoms with Gasteiger partial charge in [0.15, 0.2) is 11.5 Å². The number of benzene rings is 3. The number of esters is 1. The number of methoxy groups -OCH3 is 1. The van der Waals surface area contributed by atoms with Gasteiger partial charge in [0.05, 0.1) is 18.7 Å². The van der Waals surface area contributed by atoms with Gasteiger partial charge in [0.25, 0.3) is 5.91 Å². The molecule has 3 aromatic carbocycles. The first kappa shape index (κ1) is 23.8. The average molecular weight is 472 g/mol. The third kappa shape index (κ3) is 5.09. The molecule has 1 heterocycles. The van der Waals surface area contributed by atoms with E-state index in [9.17, 15) is 19.5 Å². The van der Waals surface area contributed by atoms with Gasteiger partial charge in [-0.1, -0.05) is 48.5 Å². The Hall–Kier alpha value is -4.39. The number of nitrogens with zero attached hydrogens (tertiary/aromatic N) is 1. The monoisotopic (exact) mass is 471 g/mol. The molecule has 1 amide bonds. The summed E-state index contributed by atoms with van der Waals surface area (Å²) in [5.74, 6) is -1.15. The highest BCUT2D eigenvalue weighted by Gasteiger charge is 2.44. The minimum atomic E-state index is -0.857. The molecule has 0 saturated carbocycles. The molecule has 0 radical (unpaired) electrons. The number of carbonyl (C=O) groups excluding carboxylic acids is 3. The predicted octanol–water partition coefficient (Wildman–Crippen LogP) is 4.72. The van der Waals surface area contributed by atoms with Crippen LogP contribution in [0.4, 0.5) is 5.69 Å². The summed E-state index contributed by atoms with van der Waals surface area (Å²) in [6.07, 6.45) is 0.604. The molecule has 1 aliphatic heterocycles. The Bertz CT molecular complexity index is 1280. The highest BCUT2D eigenvalue weighted by molar-refractivity contribution is 6.16. The summed E-state index contributed by atoms with van der Waals surface area (Å²) >= 11 is 0. The van der Waals surface area contributed by atoms with Gasteiger partial charge < -0.3 is 14.6 Å². The summed E-state index contributed by atoms with van der Waals surface area (Å²) in [4.78, 5) is 39.3. The number of hydrogen-bond donors (Lipinski definition) is 1. The number of carbonyl (C=O) groups is 3. The van der Waals surface area contributed by atoms with Crippen molar-refractivity contribution in [1.82, 2.24) is 0 Å². The number of aliphatic hydroxyl groups is 1. The van der Waals surface area contributed by atoms with Crippen LogP contribution in [0.1, 0.15) is 30.5 Å². The zero-order valence-electron chi connectivity index (χ0n) is 19.4. The van der Waals surface area contributed by atoms with Crippen molar-refractivity contribution >= 4 is 23.3 Å². The first-order valence-electron chi connectivity index (χ1n) is 11.1. The molecule has 3 aromatic rings. The smallest absolute Gasteiger partial charge is 0.308 e. The van der Waals surface area contributed by atoms with Crippen LogP contribution in [0.15, 0.2) is 90.2 Å². The maximum atomic E-state index is 13.4. The molecule has 1 N–H and O–H groups in total. The van der Waals surface area contributed by atoms with Crippen molar-refractivity contribution < 1.29 is 29.0 Å². The number of ether oxygens (including phenoxy) is 2. The van der Waals surface area contributed by atoms with Crippen LogP contribution in [-0.4, -0.2) is 29.9 Å². The maximum absolute atomic E-state index is 13.4. The SMILES string of the molecule is COc1cccc(N2C(=O)C(O)=C(C(=O)CCc3ccccc3)C2c2ccc(OC(C)=O)cc2)c1. The molecule has 7 nitrogen and oxygen atoms in total. The van der Waals surface area contributed by atoms with E-state index in [-0.39, 0.29) is 17.8 Å². The van der Waals surface area contributed by atoms with Crippen LogP contribution in [0.25, 0.3) is 0 Å². The molecule has 0 spiro atoms. The van der Waals surface area contributed by atoms with Crippen molar-refractivity contribution in [3.8, 4) is 11.5 Å². The molecule has 1 unspecified atom stereocenters. The average Bonchev–Trinajstić information content (AvgIpc) is 3.13. The molecule has 0 bridgehead atoms. The predicted molar refractivity (Wildman–Crippen MR) is 130 cm³/mol. The molecule has 0 fully saturated rings. The van der Waals surface area contributed by atoms with E-state index in [0.717, 1.165) is 5.56 Å². The Labute approximate surface area is 203 Å². The molecule has 0 saturated heterocycles.